The van der Waals surface area contributed by atoms with Gasteiger partial charge in [-0.2, -0.15) is 0 Å². The maximum absolute atomic E-state index is 5.64. The number of imidazole rings is 1. The van der Waals surface area contributed by atoms with Crippen LogP contribution < -0.4 is 5.73 Å². The molecule has 0 saturated carbocycles. The van der Waals surface area contributed by atoms with E-state index in [9.17, 15) is 0 Å². The van der Waals surface area contributed by atoms with Gasteiger partial charge in [0.05, 0.1) is 11.0 Å². The van der Waals surface area contributed by atoms with Gasteiger partial charge in [-0.25, -0.2) is 4.98 Å². The van der Waals surface area contributed by atoms with Crippen LogP contribution in [0, 0.1) is 0 Å². The van der Waals surface area contributed by atoms with E-state index in [1.807, 2.05) is 6.07 Å². The Morgan fingerprint density at radius 3 is 2.81 bits per heavy atom. The highest BCUT2D eigenvalue weighted by molar-refractivity contribution is 5.76. The van der Waals surface area contributed by atoms with Crippen LogP contribution in [0.3, 0.4) is 0 Å². The lowest BCUT2D eigenvalue weighted by molar-refractivity contribution is 0.522. The average molecular weight is 217 g/mol. The summed E-state index contributed by atoms with van der Waals surface area (Å²) in [5, 5.41) is 0. The molecule has 0 unspecified atom stereocenters. The van der Waals surface area contributed by atoms with Gasteiger partial charge in [0.2, 0.25) is 0 Å². The highest BCUT2D eigenvalue weighted by Gasteiger charge is 2.13. The fourth-order valence-electron chi connectivity index (χ4n) is 2.07. The molecule has 0 saturated heterocycles. The first-order valence-electron chi connectivity index (χ1n) is 5.93. The Bertz CT molecular complexity index is 473. The van der Waals surface area contributed by atoms with Crippen LogP contribution in [0.5, 0.6) is 0 Å². The van der Waals surface area contributed by atoms with Crippen LogP contribution in [-0.4, -0.2) is 16.1 Å². The van der Waals surface area contributed by atoms with Gasteiger partial charge < -0.3 is 10.3 Å². The molecule has 2 aromatic rings. The molecule has 0 radical (unpaired) electrons. The third-order valence-electron chi connectivity index (χ3n) is 3.07. The lowest BCUT2D eigenvalue weighted by Gasteiger charge is -2.15. The van der Waals surface area contributed by atoms with Gasteiger partial charge in [0.15, 0.2) is 0 Å². The first-order chi connectivity index (χ1) is 7.77. The zero-order valence-corrected chi connectivity index (χ0v) is 9.98. The molecule has 0 spiro atoms. The number of hydrogen-bond acceptors (Lipinski definition) is 2. The summed E-state index contributed by atoms with van der Waals surface area (Å²) in [4.78, 5) is 4.65. The molecule has 1 heterocycles. The second kappa shape index (κ2) is 4.66. The number of rotatable bonds is 4. The van der Waals surface area contributed by atoms with Gasteiger partial charge in [0.25, 0.3) is 0 Å². The molecule has 0 aliphatic heterocycles. The summed E-state index contributed by atoms with van der Waals surface area (Å²) in [7, 11) is 0. The molecule has 2 rings (SSSR count). The lowest BCUT2D eigenvalue weighted by atomic mass is 10.2. The summed E-state index contributed by atoms with van der Waals surface area (Å²) in [6.45, 7) is 5.08. The standard InChI is InChI=1S/C13H19N3/c1-3-10(2)16-12-7-5-4-6-11(12)15-13(16)8-9-14/h4-7,10H,3,8-9,14H2,1-2H3/t10-/m0/s1. The molecule has 0 fully saturated rings. The van der Waals surface area contributed by atoms with Gasteiger partial charge >= 0.3 is 0 Å². The number of nitrogens with two attached hydrogens (primary N) is 1. The molecule has 3 nitrogen and oxygen atoms in total. The summed E-state index contributed by atoms with van der Waals surface area (Å²) in [5.74, 6) is 1.11. The van der Waals surface area contributed by atoms with Gasteiger partial charge in [-0.15, -0.1) is 0 Å². The number of para-hydroxylation sites is 2. The van der Waals surface area contributed by atoms with E-state index in [0.717, 1.165) is 24.2 Å². The minimum absolute atomic E-state index is 0.481. The van der Waals surface area contributed by atoms with Crippen LogP contribution in [-0.2, 0) is 6.42 Å². The third-order valence-corrected chi connectivity index (χ3v) is 3.07. The maximum Gasteiger partial charge on any atom is 0.111 e. The highest BCUT2D eigenvalue weighted by atomic mass is 15.1. The van der Waals surface area contributed by atoms with Gasteiger partial charge in [0.1, 0.15) is 5.82 Å². The van der Waals surface area contributed by atoms with Crippen molar-refractivity contribution in [3.05, 3.63) is 30.1 Å². The Morgan fingerprint density at radius 2 is 2.12 bits per heavy atom. The maximum atomic E-state index is 5.64. The minimum Gasteiger partial charge on any atom is -0.330 e. The second-order valence-corrected chi connectivity index (χ2v) is 4.18. The molecule has 0 aliphatic rings. The molecule has 0 bridgehead atoms. The van der Waals surface area contributed by atoms with Crippen LogP contribution in [0.1, 0.15) is 32.1 Å². The summed E-state index contributed by atoms with van der Waals surface area (Å²) < 4.78 is 2.32. The third kappa shape index (κ3) is 1.83. The van der Waals surface area contributed by atoms with E-state index < -0.39 is 0 Å². The first kappa shape index (κ1) is 11.1. The highest BCUT2D eigenvalue weighted by Crippen LogP contribution is 2.22. The van der Waals surface area contributed by atoms with Crippen molar-refractivity contribution in [3.63, 3.8) is 0 Å². The van der Waals surface area contributed by atoms with Crippen molar-refractivity contribution in [1.82, 2.24) is 9.55 Å². The molecule has 1 aromatic heterocycles. The molecule has 1 aromatic carbocycles. The van der Waals surface area contributed by atoms with Crippen molar-refractivity contribution in [2.75, 3.05) is 6.54 Å². The van der Waals surface area contributed by atoms with Gasteiger partial charge in [0, 0.05) is 12.5 Å². The van der Waals surface area contributed by atoms with Crippen molar-refractivity contribution >= 4 is 11.0 Å². The molecule has 0 aliphatic carbocycles. The number of fused-ring (bicyclic) bond motifs is 1. The van der Waals surface area contributed by atoms with Crippen LogP contribution in [0.15, 0.2) is 24.3 Å². The van der Waals surface area contributed by atoms with E-state index in [2.05, 4.69) is 41.6 Å². The SMILES string of the molecule is CC[C@H](C)n1c(CCN)nc2ccccc21. The molecule has 16 heavy (non-hydrogen) atoms. The van der Waals surface area contributed by atoms with Crippen LogP contribution in [0.25, 0.3) is 11.0 Å². The van der Waals surface area contributed by atoms with Crippen molar-refractivity contribution in [2.24, 2.45) is 5.73 Å². The smallest absolute Gasteiger partial charge is 0.111 e. The minimum atomic E-state index is 0.481. The summed E-state index contributed by atoms with van der Waals surface area (Å²) >= 11 is 0. The molecule has 2 N–H and O–H groups in total. The molecular formula is C13H19N3. The van der Waals surface area contributed by atoms with Crippen LogP contribution >= 0.6 is 0 Å². The van der Waals surface area contributed by atoms with Crippen LogP contribution in [0.2, 0.25) is 0 Å². The Morgan fingerprint density at radius 1 is 1.38 bits per heavy atom. The predicted molar refractivity (Wildman–Crippen MR) is 67.5 cm³/mol. The fourth-order valence-corrected chi connectivity index (χ4v) is 2.07. The second-order valence-electron chi connectivity index (χ2n) is 4.18. The van der Waals surface area contributed by atoms with Crippen molar-refractivity contribution < 1.29 is 0 Å². The number of nitrogens with zero attached hydrogens (tertiary/aromatic N) is 2. The summed E-state index contributed by atoms with van der Waals surface area (Å²) in [6, 6.07) is 8.77. The van der Waals surface area contributed by atoms with Crippen molar-refractivity contribution in [2.45, 2.75) is 32.7 Å². The van der Waals surface area contributed by atoms with E-state index >= 15 is 0 Å². The van der Waals surface area contributed by atoms with Crippen molar-refractivity contribution in [3.8, 4) is 0 Å². The van der Waals surface area contributed by atoms with E-state index in [0.29, 0.717) is 12.6 Å². The first-order valence-corrected chi connectivity index (χ1v) is 5.93. The molecule has 86 valence electrons. The predicted octanol–water partition coefficient (Wildman–Crippen LogP) is 2.51. The van der Waals surface area contributed by atoms with E-state index in [1.54, 1.807) is 0 Å². The Balaban J connectivity index is 2.59. The fraction of sp³-hybridized carbons (Fsp3) is 0.462. The topological polar surface area (TPSA) is 43.8 Å². The van der Waals surface area contributed by atoms with E-state index in [-0.39, 0.29) is 0 Å². The molecule has 3 heteroatoms. The van der Waals surface area contributed by atoms with Crippen molar-refractivity contribution in [1.29, 1.82) is 0 Å². The average Bonchev–Trinajstić information content (AvgIpc) is 2.66. The molecular weight excluding hydrogens is 198 g/mol. The van der Waals surface area contributed by atoms with E-state index in [4.69, 9.17) is 5.73 Å². The van der Waals surface area contributed by atoms with Gasteiger partial charge in [-0.1, -0.05) is 19.1 Å². The zero-order valence-electron chi connectivity index (χ0n) is 9.98. The molecule has 1 atom stereocenters. The normalized spacial score (nSPS) is 13.2. The summed E-state index contributed by atoms with van der Waals surface area (Å²) in [6.07, 6.45) is 1.96. The van der Waals surface area contributed by atoms with Gasteiger partial charge in [-0.3, -0.25) is 0 Å². The van der Waals surface area contributed by atoms with E-state index in [1.165, 1.54) is 5.52 Å². The largest absolute Gasteiger partial charge is 0.330 e. The number of hydrogen-bond donors (Lipinski definition) is 1. The Kier molecular flexibility index (Phi) is 3.25. The Hall–Kier alpha value is -1.35. The quantitative estimate of drug-likeness (QED) is 0.855. The number of aromatic nitrogens is 2. The summed E-state index contributed by atoms with van der Waals surface area (Å²) in [5.41, 5.74) is 7.94. The van der Waals surface area contributed by atoms with Gasteiger partial charge in [-0.05, 0) is 32.0 Å². The van der Waals surface area contributed by atoms with Crippen LogP contribution in [0.4, 0.5) is 0 Å². The number of benzene rings is 1. The zero-order chi connectivity index (χ0) is 11.5. The monoisotopic (exact) mass is 217 g/mol. The lowest BCUT2D eigenvalue weighted by Crippen LogP contribution is -2.12. The molecule has 0 amide bonds. The Labute approximate surface area is 96.3 Å².